The van der Waals surface area contributed by atoms with Gasteiger partial charge in [-0.25, -0.2) is 0 Å². The first-order valence-corrected chi connectivity index (χ1v) is 9.80. The molecule has 5 heteroatoms. The number of phenols is 1. The van der Waals surface area contributed by atoms with Crippen molar-refractivity contribution in [1.29, 1.82) is 0 Å². The molecule has 1 unspecified atom stereocenters. The fourth-order valence-corrected chi connectivity index (χ4v) is 4.62. The second-order valence-electron chi connectivity index (χ2n) is 8.05. The van der Waals surface area contributed by atoms with Gasteiger partial charge in [0.1, 0.15) is 5.75 Å². The van der Waals surface area contributed by atoms with Gasteiger partial charge < -0.3 is 10.0 Å². The summed E-state index contributed by atoms with van der Waals surface area (Å²) in [5.74, 6) is 0.630. The fourth-order valence-electron chi connectivity index (χ4n) is 4.62. The summed E-state index contributed by atoms with van der Waals surface area (Å²) in [6, 6.07) is 11.6. The molecule has 2 saturated heterocycles. The average molecular weight is 365 g/mol. The Kier molecular flexibility index (Phi) is 5.12. The number of hydrogen-bond donors (Lipinski definition) is 1. The molecule has 0 radical (unpaired) electrons. The molecule has 2 aliphatic rings. The van der Waals surface area contributed by atoms with Crippen LogP contribution in [0.5, 0.6) is 5.75 Å². The molecular weight excluding hydrogens is 338 g/mol. The highest BCUT2D eigenvalue weighted by atomic mass is 16.3. The number of benzene rings is 1. The maximum atomic E-state index is 12.5. The fraction of sp³-hybridized carbons (Fsp3) is 0.455. The van der Waals surface area contributed by atoms with Crippen LogP contribution in [0.25, 0.3) is 0 Å². The van der Waals surface area contributed by atoms with Gasteiger partial charge in [-0.1, -0.05) is 18.2 Å². The van der Waals surface area contributed by atoms with Crippen LogP contribution in [-0.2, 0) is 17.9 Å². The van der Waals surface area contributed by atoms with Gasteiger partial charge in [-0.15, -0.1) is 0 Å². The van der Waals surface area contributed by atoms with Crippen LogP contribution in [-0.4, -0.2) is 45.4 Å². The minimum Gasteiger partial charge on any atom is -0.508 e. The average Bonchev–Trinajstić information content (AvgIpc) is 2.68. The van der Waals surface area contributed by atoms with Gasteiger partial charge in [0.15, 0.2) is 0 Å². The van der Waals surface area contributed by atoms with Gasteiger partial charge in [-0.3, -0.25) is 14.7 Å². The summed E-state index contributed by atoms with van der Waals surface area (Å²) in [6.07, 6.45) is 7.49. The number of nitrogens with zero attached hydrogens (tertiary/aromatic N) is 3. The number of carbonyl (C=O) groups excluding carboxylic acids is 1. The Morgan fingerprint density at radius 2 is 1.85 bits per heavy atom. The van der Waals surface area contributed by atoms with E-state index in [0.717, 1.165) is 50.1 Å². The van der Waals surface area contributed by atoms with Crippen molar-refractivity contribution in [2.24, 2.45) is 5.41 Å². The summed E-state index contributed by atoms with van der Waals surface area (Å²) in [6.45, 7) is 4.30. The van der Waals surface area contributed by atoms with Crippen molar-refractivity contribution in [3.05, 3.63) is 59.9 Å². The molecule has 0 aliphatic carbocycles. The zero-order chi connectivity index (χ0) is 18.7. The van der Waals surface area contributed by atoms with E-state index in [9.17, 15) is 9.90 Å². The van der Waals surface area contributed by atoms with E-state index in [1.54, 1.807) is 18.5 Å². The Labute approximate surface area is 160 Å². The zero-order valence-electron chi connectivity index (χ0n) is 15.7. The number of likely N-dealkylation sites (tertiary alicyclic amines) is 2. The number of amides is 1. The van der Waals surface area contributed by atoms with Crippen molar-refractivity contribution in [2.45, 2.75) is 38.8 Å². The molecule has 2 fully saturated rings. The number of rotatable bonds is 4. The summed E-state index contributed by atoms with van der Waals surface area (Å²) < 4.78 is 0. The Bertz CT molecular complexity index is 795. The molecule has 27 heavy (non-hydrogen) atoms. The third kappa shape index (κ3) is 4.14. The molecule has 2 aromatic rings. The topological polar surface area (TPSA) is 56.7 Å². The lowest BCUT2D eigenvalue weighted by atomic mass is 9.73. The van der Waals surface area contributed by atoms with Crippen LogP contribution in [0.3, 0.4) is 0 Å². The van der Waals surface area contributed by atoms with E-state index in [-0.39, 0.29) is 11.3 Å². The first kappa shape index (κ1) is 18.0. The molecule has 2 aliphatic heterocycles. The third-order valence-corrected chi connectivity index (χ3v) is 6.00. The Morgan fingerprint density at radius 1 is 1.04 bits per heavy atom. The SMILES string of the molecule is O=C1CCC2(CCCN(Cc3ccccc3O)C2)CN1Cc1ccncc1. The standard InChI is InChI=1S/C22H27N3O2/c26-20-5-2-1-4-19(20)15-24-13-3-9-22(16-24)10-6-21(27)25(17-22)14-18-7-11-23-12-8-18/h1-2,4-5,7-8,11-12,26H,3,6,9-10,13-17H2. The molecule has 1 aromatic carbocycles. The van der Waals surface area contributed by atoms with Gasteiger partial charge in [0.2, 0.25) is 5.91 Å². The van der Waals surface area contributed by atoms with E-state index < -0.39 is 0 Å². The summed E-state index contributed by atoms with van der Waals surface area (Å²) in [5.41, 5.74) is 2.29. The molecule has 1 N–H and O–H groups in total. The molecule has 5 nitrogen and oxygen atoms in total. The van der Waals surface area contributed by atoms with E-state index in [1.165, 1.54) is 6.42 Å². The summed E-state index contributed by atoms with van der Waals surface area (Å²) >= 11 is 0. The number of para-hydroxylation sites is 1. The van der Waals surface area contributed by atoms with Crippen molar-refractivity contribution in [3.63, 3.8) is 0 Å². The van der Waals surface area contributed by atoms with Crippen LogP contribution in [0.15, 0.2) is 48.8 Å². The lowest BCUT2D eigenvalue weighted by Gasteiger charge is -2.48. The monoisotopic (exact) mass is 365 g/mol. The van der Waals surface area contributed by atoms with Crippen LogP contribution in [0.1, 0.15) is 36.8 Å². The second kappa shape index (κ2) is 7.69. The molecule has 3 heterocycles. The maximum Gasteiger partial charge on any atom is 0.222 e. The predicted octanol–water partition coefficient (Wildman–Crippen LogP) is 3.19. The normalized spacial score (nSPS) is 23.7. The molecule has 4 rings (SSSR count). The quantitative estimate of drug-likeness (QED) is 0.904. The largest absolute Gasteiger partial charge is 0.508 e. The highest BCUT2D eigenvalue weighted by molar-refractivity contribution is 5.77. The maximum absolute atomic E-state index is 12.5. The number of aromatic hydroxyl groups is 1. The van der Waals surface area contributed by atoms with E-state index in [1.807, 2.05) is 35.2 Å². The third-order valence-electron chi connectivity index (χ3n) is 6.00. The minimum atomic E-state index is 0.170. The van der Waals surface area contributed by atoms with Crippen LogP contribution in [0.4, 0.5) is 0 Å². The van der Waals surface area contributed by atoms with Crippen LogP contribution < -0.4 is 0 Å². The molecule has 0 saturated carbocycles. The Morgan fingerprint density at radius 3 is 2.67 bits per heavy atom. The summed E-state index contributed by atoms with van der Waals surface area (Å²) in [7, 11) is 0. The van der Waals surface area contributed by atoms with Gasteiger partial charge in [0, 0.05) is 56.0 Å². The molecule has 1 spiro atoms. The number of phenolic OH excluding ortho intramolecular Hbond substituents is 1. The Balaban J connectivity index is 1.45. The van der Waals surface area contributed by atoms with Gasteiger partial charge in [0.25, 0.3) is 0 Å². The molecule has 1 amide bonds. The van der Waals surface area contributed by atoms with Gasteiger partial charge in [-0.2, -0.15) is 0 Å². The second-order valence-corrected chi connectivity index (χ2v) is 8.05. The molecule has 142 valence electrons. The number of piperidine rings is 2. The number of hydrogen-bond acceptors (Lipinski definition) is 4. The minimum absolute atomic E-state index is 0.170. The van der Waals surface area contributed by atoms with Crippen molar-refractivity contribution < 1.29 is 9.90 Å². The predicted molar refractivity (Wildman–Crippen MR) is 104 cm³/mol. The lowest BCUT2D eigenvalue weighted by Crippen LogP contribution is -2.53. The first-order valence-electron chi connectivity index (χ1n) is 9.80. The number of carbonyl (C=O) groups is 1. The zero-order valence-corrected chi connectivity index (χ0v) is 15.7. The highest BCUT2D eigenvalue weighted by Crippen LogP contribution is 2.40. The van der Waals surface area contributed by atoms with Crippen molar-refractivity contribution >= 4 is 5.91 Å². The molecule has 1 atom stereocenters. The first-order chi connectivity index (χ1) is 13.1. The van der Waals surface area contributed by atoms with Gasteiger partial charge in [-0.05, 0) is 49.6 Å². The molecule has 1 aromatic heterocycles. The smallest absolute Gasteiger partial charge is 0.222 e. The molecule has 0 bridgehead atoms. The number of aromatic nitrogens is 1. The highest BCUT2D eigenvalue weighted by Gasteiger charge is 2.41. The van der Waals surface area contributed by atoms with E-state index in [2.05, 4.69) is 9.88 Å². The van der Waals surface area contributed by atoms with E-state index in [4.69, 9.17) is 0 Å². The van der Waals surface area contributed by atoms with Gasteiger partial charge in [0.05, 0.1) is 0 Å². The van der Waals surface area contributed by atoms with Crippen molar-refractivity contribution in [2.75, 3.05) is 19.6 Å². The lowest BCUT2D eigenvalue weighted by molar-refractivity contribution is -0.140. The van der Waals surface area contributed by atoms with Crippen LogP contribution in [0.2, 0.25) is 0 Å². The van der Waals surface area contributed by atoms with Crippen LogP contribution >= 0.6 is 0 Å². The van der Waals surface area contributed by atoms with Crippen molar-refractivity contribution in [1.82, 2.24) is 14.8 Å². The van der Waals surface area contributed by atoms with Crippen molar-refractivity contribution in [3.8, 4) is 5.75 Å². The number of pyridine rings is 1. The summed E-state index contributed by atoms with van der Waals surface area (Å²) in [4.78, 5) is 21.0. The van der Waals surface area contributed by atoms with E-state index >= 15 is 0 Å². The Hall–Kier alpha value is -2.40. The summed E-state index contributed by atoms with van der Waals surface area (Å²) in [5, 5.41) is 10.1. The van der Waals surface area contributed by atoms with Crippen LogP contribution in [0, 0.1) is 5.41 Å². The van der Waals surface area contributed by atoms with E-state index in [0.29, 0.717) is 18.7 Å². The van der Waals surface area contributed by atoms with Gasteiger partial charge >= 0.3 is 0 Å². The molecular formula is C22H27N3O2.